The smallest absolute Gasteiger partial charge is 0.240 e. The second kappa shape index (κ2) is 4.00. The molecule has 2 rings (SSSR count). The zero-order valence-corrected chi connectivity index (χ0v) is 9.40. The van der Waals surface area contributed by atoms with Crippen molar-refractivity contribution in [1.82, 2.24) is 4.98 Å². The number of nitrogens with zero attached hydrogens (tertiary/aromatic N) is 1. The van der Waals surface area contributed by atoms with E-state index in [0.29, 0.717) is 5.75 Å². The number of nitrogens with two attached hydrogens (primary N) is 2. The van der Waals surface area contributed by atoms with Crippen molar-refractivity contribution in [3.05, 3.63) is 18.0 Å². The number of ether oxygens (including phenoxy) is 1. The van der Waals surface area contributed by atoms with Crippen LogP contribution >= 0.6 is 0 Å². The van der Waals surface area contributed by atoms with Crippen LogP contribution in [0.25, 0.3) is 0 Å². The van der Waals surface area contributed by atoms with Gasteiger partial charge in [0.05, 0.1) is 18.0 Å². The van der Waals surface area contributed by atoms with E-state index in [1.54, 1.807) is 0 Å². The maximum Gasteiger partial charge on any atom is 0.240 e. The number of hydrogen-bond donors (Lipinski definition) is 2. The number of hydrogen-bond acceptors (Lipinski definition) is 5. The molecule has 88 valence electrons. The molecule has 1 fully saturated rings. The molecular weight excluding hydrogens is 230 g/mol. The molecule has 4 N–H and O–H groups in total. The number of primary sulfonamides is 1. The van der Waals surface area contributed by atoms with Gasteiger partial charge >= 0.3 is 0 Å². The van der Waals surface area contributed by atoms with Crippen molar-refractivity contribution in [2.45, 2.75) is 30.4 Å². The van der Waals surface area contributed by atoms with Crippen LogP contribution in [0.4, 0.5) is 0 Å². The van der Waals surface area contributed by atoms with E-state index in [1.807, 2.05) is 0 Å². The van der Waals surface area contributed by atoms with Crippen LogP contribution in [0.2, 0.25) is 0 Å². The van der Waals surface area contributed by atoms with Crippen LogP contribution in [0.1, 0.15) is 18.5 Å². The highest BCUT2D eigenvalue weighted by molar-refractivity contribution is 7.89. The normalized spacial score (nSPS) is 16.1. The van der Waals surface area contributed by atoms with Crippen LogP contribution in [-0.4, -0.2) is 19.5 Å². The quantitative estimate of drug-likeness (QED) is 0.756. The Balaban J connectivity index is 2.37. The van der Waals surface area contributed by atoms with Gasteiger partial charge in [0.15, 0.2) is 0 Å². The van der Waals surface area contributed by atoms with Gasteiger partial charge in [-0.25, -0.2) is 13.6 Å². The molecule has 1 aromatic heterocycles. The summed E-state index contributed by atoms with van der Waals surface area (Å²) in [7, 11) is -3.81. The van der Waals surface area contributed by atoms with Crippen LogP contribution in [-0.2, 0) is 16.6 Å². The molecule has 1 aliphatic carbocycles. The number of rotatable bonds is 4. The van der Waals surface area contributed by atoms with E-state index >= 15 is 0 Å². The minimum absolute atomic E-state index is 0.0233. The van der Waals surface area contributed by atoms with Crippen molar-refractivity contribution < 1.29 is 13.2 Å². The van der Waals surface area contributed by atoms with Crippen molar-refractivity contribution >= 4 is 10.0 Å². The van der Waals surface area contributed by atoms with E-state index in [4.69, 9.17) is 15.6 Å². The number of sulfonamides is 1. The SMILES string of the molecule is NCc1ncc(OC2CC2)cc1S(N)(=O)=O. The topological polar surface area (TPSA) is 108 Å². The summed E-state index contributed by atoms with van der Waals surface area (Å²) in [5.74, 6) is 0.420. The molecular formula is C9H13N3O3S. The van der Waals surface area contributed by atoms with E-state index in [9.17, 15) is 8.42 Å². The Kier molecular flexibility index (Phi) is 2.83. The van der Waals surface area contributed by atoms with Crippen molar-refractivity contribution in [2.24, 2.45) is 10.9 Å². The van der Waals surface area contributed by atoms with E-state index < -0.39 is 10.0 Å². The Morgan fingerprint density at radius 1 is 1.50 bits per heavy atom. The van der Waals surface area contributed by atoms with E-state index in [0.717, 1.165) is 12.8 Å². The third-order valence-corrected chi connectivity index (χ3v) is 3.20. The van der Waals surface area contributed by atoms with E-state index in [1.165, 1.54) is 12.3 Å². The zero-order valence-electron chi connectivity index (χ0n) is 8.59. The lowest BCUT2D eigenvalue weighted by Gasteiger charge is -2.08. The first-order valence-corrected chi connectivity index (χ1v) is 6.44. The van der Waals surface area contributed by atoms with Crippen molar-refractivity contribution in [1.29, 1.82) is 0 Å². The van der Waals surface area contributed by atoms with Gasteiger partial charge in [-0.1, -0.05) is 0 Å². The fourth-order valence-electron chi connectivity index (χ4n) is 1.30. The minimum atomic E-state index is -3.81. The molecule has 16 heavy (non-hydrogen) atoms. The average Bonchev–Trinajstić information content (AvgIpc) is 3.00. The molecule has 0 spiro atoms. The summed E-state index contributed by atoms with van der Waals surface area (Å²) < 4.78 is 28.0. The van der Waals surface area contributed by atoms with Crippen molar-refractivity contribution in [3.63, 3.8) is 0 Å². The van der Waals surface area contributed by atoms with E-state index in [-0.39, 0.29) is 23.2 Å². The third kappa shape index (κ3) is 2.49. The summed E-state index contributed by atoms with van der Waals surface area (Å²) in [6.07, 6.45) is 3.63. The standard InChI is InChI=1S/C9H13N3O3S/c10-4-8-9(16(11,13)14)3-7(5-12-8)15-6-1-2-6/h3,5-6H,1-2,4,10H2,(H2,11,13,14). The highest BCUT2D eigenvalue weighted by Gasteiger charge is 2.24. The Bertz CT molecular complexity index is 497. The molecule has 0 amide bonds. The Hall–Kier alpha value is -1.18. The van der Waals surface area contributed by atoms with Crippen LogP contribution in [0.5, 0.6) is 5.75 Å². The molecule has 6 nitrogen and oxygen atoms in total. The predicted octanol–water partition coefficient (Wildman–Crippen LogP) is -0.271. The maximum atomic E-state index is 11.3. The van der Waals surface area contributed by atoms with Gasteiger partial charge in [0, 0.05) is 12.6 Å². The van der Waals surface area contributed by atoms with Gasteiger partial charge < -0.3 is 10.5 Å². The zero-order chi connectivity index (χ0) is 11.8. The summed E-state index contributed by atoms with van der Waals surface area (Å²) in [6.45, 7) is 0.0233. The molecule has 1 heterocycles. The lowest BCUT2D eigenvalue weighted by atomic mass is 10.3. The first kappa shape index (κ1) is 11.3. The number of pyridine rings is 1. The van der Waals surface area contributed by atoms with Gasteiger partial charge in [-0.15, -0.1) is 0 Å². The molecule has 0 aromatic carbocycles. The second-order valence-corrected chi connectivity index (χ2v) is 5.21. The minimum Gasteiger partial charge on any atom is -0.489 e. The lowest BCUT2D eigenvalue weighted by molar-refractivity contribution is 0.301. The summed E-state index contributed by atoms with van der Waals surface area (Å²) in [5, 5.41) is 5.07. The molecule has 0 saturated heterocycles. The molecule has 1 saturated carbocycles. The van der Waals surface area contributed by atoms with Crippen molar-refractivity contribution in [3.8, 4) is 5.75 Å². The summed E-state index contributed by atoms with van der Waals surface area (Å²) in [5.41, 5.74) is 5.64. The molecule has 1 aliphatic rings. The summed E-state index contributed by atoms with van der Waals surface area (Å²) in [6, 6.07) is 1.38. The Labute approximate surface area is 93.7 Å². The fraction of sp³-hybridized carbons (Fsp3) is 0.444. The van der Waals surface area contributed by atoms with Gasteiger partial charge in [-0.05, 0) is 12.8 Å². The molecule has 1 aromatic rings. The molecule has 0 aliphatic heterocycles. The third-order valence-electron chi connectivity index (χ3n) is 2.23. The van der Waals surface area contributed by atoms with Gasteiger partial charge in [-0.3, -0.25) is 4.98 Å². The first-order chi connectivity index (χ1) is 7.50. The van der Waals surface area contributed by atoms with Crippen LogP contribution < -0.4 is 15.6 Å². The first-order valence-electron chi connectivity index (χ1n) is 4.89. The largest absolute Gasteiger partial charge is 0.489 e. The van der Waals surface area contributed by atoms with Gasteiger partial charge in [0.1, 0.15) is 10.6 Å². The summed E-state index contributed by atoms with van der Waals surface area (Å²) >= 11 is 0. The Morgan fingerprint density at radius 3 is 2.69 bits per heavy atom. The maximum absolute atomic E-state index is 11.3. The molecule has 0 bridgehead atoms. The summed E-state index contributed by atoms with van der Waals surface area (Å²) in [4.78, 5) is 3.87. The van der Waals surface area contributed by atoms with Gasteiger partial charge in [0.25, 0.3) is 0 Å². The Morgan fingerprint density at radius 2 is 2.19 bits per heavy atom. The molecule has 7 heteroatoms. The van der Waals surface area contributed by atoms with Gasteiger partial charge in [-0.2, -0.15) is 0 Å². The molecule has 0 atom stereocenters. The number of aromatic nitrogens is 1. The lowest BCUT2D eigenvalue weighted by Crippen LogP contribution is -2.17. The van der Waals surface area contributed by atoms with Crippen LogP contribution in [0.3, 0.4) is 0 Å². The fourth-order valence-corrected chi connectivity index (χ4v) is 2.04. The second-order valence-electron chi connectivity index (χ2n) is 3.68. The molecule has 0 radical (unpaired) electrons. The predicted molar refractivity (Wildman–Crippen MR) is 57.2 cm³/mol. The van der Waals surface area contributed by atoms with E-state index in [2.05, 4.69) is 4.98 Å². The van der Waals surface area contributed by atoms with Gasteiger partial charge in [0.2, 0.25) is 10.0 Å². The molecule has 0 unspecified atom stereocenters. The van der Waals surface area contributed by atoms with Crippen molar-refractivity contribution in [2.75, 3.05) is 0 Å². The van der Waals surface area contributed by atoms with Crippen LogP contribution in [0.15, 0.2) is 17.2 Å². The highest BCUT2D eigenvalue weighted by Crippen LogP contribution is 2.28. The van der Waals surface area contributed by atoms with Crippen LogP contribution in [0, 0.1) is 0 Å². The highest BCUT2D eigenvalue weighted by atomic mass is 32.2. The average molecular weight is 243 g/mol. The monoisotopic (exact) mass is 243 g/mol.